The summed E-state index contributed by atoms with van der Waals surface area (Å²) in [5, 5.41) is 11.2. The summed E-state index contributed by atoms with van der Waals surface area (Å²) in [5.41, 5.74) is 0.713. The molecule has 8 heteroatoms. The van der Waals surface area contributed by atoms with Gasteiger partial charge in [0.2, 0.25) is 15.9 Å². The van der Waals surface area contributed by atoms with E-state index in [-0.39, 0.29) is 31.2 Å². The lowest BCUT2D eigenvalue weighted by Gasteiger charge is -2.31. The Labute approximate surface area is 141 Å². The first-order valence-corrected chi connectivity index (χ1v) is 9.50. The zero-order valence-electron chi connectivity index (χ0n) is 13.3. The molecule has 1 aromatic rings. The number of hydrogen-bond acceptors (Lipinski definition) is 4. The van der Waals surface area contributed by atoms with Crippen molar-refractivity contribution in [2.24, 2.45) is 5.92 Å². The van der Waals surface area contributed by atoms with Gasteiger partial charge in [0.15, 0.2) is 0 Å². The van der Waals surface area contributed by atoms with Crippen LogP contribution in [0.15, 0.2) is 30.3 Å². The van der Waals surface area contributed by atoms with Gasteiger partial charge in [-0.1, -0.05) is 30.3 Å². The molecule has 7 nitrogen and oxygen atoms in total. The maximum atomic E-state index is 12.5. The van der Waals surface area contributed by atoms with Crippen molar-refractivity contribution < 1.29 is 23.1 Å². The van der Waals surface area contributed by atoms with Gasteiger partial charge in [0.05, 0.1) is 18.1 Å². The highest BCUT2D eigenvalue weighted by atomic mass is 32.2. The van der Waals surface area contributed by atoms with Crippen molar-refractivity contribution in [1.82, 2.24) is 9.62 Å². The topological polar surface area (TPSA) is 104 Å². The normalized spacial score (nSPS) is 18.9. The van der Waals surface area contributed by atoms with Gasteiger partial charge in [0.25, 0.3) is 0 Å². The second-order valence-electron chi connectivity index (χ2n) is 5.87. The van der Waals surface area contributed by atoms with E-state index in [1.807, 2.05) is 6.07 Å². The fourth-order valence-electron chi connectivity index (χ4n) is 2.72. The maximum Gasteiger partial charge on any atom is 0.305 e. The average Bonchev–Trinajstić information content (AvgIpc) is 2.55. The molecule has 1 amide bonds. The first kappa shape index (κ1) is 18.4. The van der Waals surface area contributed by atoms with Gasteiger partial charge in [0.1, 0.15) is 0 Å². The van der Waals surface area contributed by atoms with Gasteiger partial charge >= 0.3 is 5.97 Å². The van der Waals surface area contributed by atoms with Gasteiger partial charge in [-0.05, 0) is 18.4 Å². The van der Waals surface area contributed by atoms with Crippen molar-refractivity contribution in [2.45, 2.75) is 25.0 Å². The van der Waals surface area contributed by atoms with E-state index in [1.54, 1.807) is 24.3 Å². The molecule has 0 aliphatic carbocycles. The van der Waals surface area contributed by atoms with Crippen LogP contribution in [0.2, 0.25) is 0 Å². The SMILES string of the molecule is O=C(O)CCNC(=O)C1CCCN(S(=O)(=O)Cc2ccccc2)C1. The predicted octanol–water partition coefficient (Wildman–Crippen LogP) is 0.819. The van der Waals surface area contributed by atoms with E-state index in [0.29, 0.717) is 24.9 Å². The number of hydrogen-bond donors (Lipinski definition) is 2. The number of amides is 1. The van der Waals surface area contributed by atoms with Gasteiger partial charge in [-0.2, -0.15) is 0 Å². The summed E-state index contributed by atoms with van der Waals surface area (Å²) in [6.07, 6.45) is 1.08. The van der Waals surface area contributed by atoms with E-state index in [1.165, 1.54) is 4.31 Å². The number of carbonyl (C=O) groups is 2. The van der Waals surface area contributed by atoms with Gasteiger partial charge in [0, 0.05) is 19.6 Å². The van der Waals surface area contributed by atoms with E-state index in [9.17, 15) is 18.0 Å². The minimum Gasteiger partial charge on any atom is -0.481 e. The minimum absolute atomic E-state index is 0.0570. The molecule has 24 heavy (non-hydrogen) atoms. The summed E-state index contributed by atoms with van der Waals surface area (Å²) >= 11 is 0. The molecule has 0 saturated carbocycles. The van der Waals surface area contributed by atoms with Crippen LogP contribution in [-0.4, -0.2) is 49.3 Å². The molecule has 1 aromatic carbocycles. The Morgan fingerprint density at radius 2 is 1.96 bits per heavy atom. The second-order valence-corrected chi connectivity index (χ2v) is 7.84. The summed E-state index contributed by atoms with van der Waals surface area (Å²) in [4.78, 5) is 22.6. The summed E-state index contributed by atoms with van der Waals surface area (Å²) in [5.74, 6) is -1.78. The van der Waals surface area contributed by atoms with Crippen LogP contribution < -0.4 is 5.32 Å². The van der Waals surface area contributed by atoms with Crippen LogP contribution in [0.25, 0.3) is 0 Å². The lowest BCUT2D eigenvalue weighted by Crippen LogP contribution is -2.46. The second kappa shape index (κ2) is 8.25. The van der Waals surface area contributed by atoms with E-state index in [4.69, 9.17) is 5.11 Å². The lowest BCUT2D eigenvalue weighted by atomic mass is 9.99. The van der Waals surface area contributed by atoms with E-state index in [0.717, 1.165) is 0 Å². The van der Waals surface area contributed by atoms with Gasteiger partial charge in [-0.3, -0.25) is 9.59 Å². The number of carboxylic acids is 1. The van der Waals surface area contributed by atoms with Crippen LogP contribution in [0.3, 0.4) is 0 Å². The quantitative estimate of drug-likeness (QED) is 0.754. The van der Waals surface area contributed by atoms with E-state index >= 15 is 0 Å². The number of nitrogens with one attached hydrogen (secondary N) is 1. The van der Waals surface area contributed by atoms with E-state index < -0.39 is 21.9 Å². The number of piperidine rings is 1. The molecule has 1 heterocycles. The van der Waals surface area contributed by atoms with Crippen molar-refractivity contribution in [3.63, 3.8) is 0 Å². The van der Waals surface area contributed by atoms with Gasteiger partial charge < -0.3 is 10.4 Å². The monoisotopic (exact) mass is 354 g/mol. The fraction of sp³-hybridized carbons (Fsp3) is 0.500. The highest BCUT2D eigenvalue weighted by molar-refractivity contribution is 7.88. The largest absolute Gasteiger partial charge is 0.481 e. The number of nitrogens with zero attached hydrogens (tertiary/aromatic N) is 1. The van der Waals surface area contributed by atoms with Crippen LogP contribution >= 0.6 is 0 Å². The smallest absolute Gasteiger partial charge is 0.305 e. The molecule has 1 unspecified atom stereocenters. The van der Waals surface area contributed by atoms with Crippen molar-refractivity contribution in [1.29, 1.82) is 0 Å². The Morgan fingerprint density at radius 1 is 1.25 bits per heavy atom. The Bertz CT molecular complexity index is 675. The van der Waals surface area contributed by atoms with Crippen LogP contribution in [0, 0.1) is 5.92 Å². The molecule has 0 radical (unpaired) electrons. The predicted molar refractivity (Wildman–Crippen MR) is 88.6 cm³/mol. The summed E-state index contributed by atoms with van der Waals surface area (Å²) in [7, 11) is -3.48. The fourth-order valence-corrected chi connectivity index (χ4v) is 4.33. The van der Waals surface area contributed by atoms with Gasteiger partial charge in [-0.15, -0.1) is 0 Å². The molecule has 1 saturated heterocycles. The first-order valence-electron chi connectivity index (χ1n) is 7.90. The molecule has 0 bridgehead atoms. The first-order chi connectivity index (χ1) is 11.4. The highest BCUT2D eigenvalue weighted by Gasteiger charge is 2.32. The molecule has 132 valence electrons. The van der Waals surface area contributed by atoms with Gasteiger partial charge in [-0.25, -0.2) is 12.7 Å². The van der Waals surface area contributed by atoms with Crippen molar-refractivity contribution in [3.8, 4) is 0 Å². The molecule has 0 spiro atoms. The Balaban J connectivity index is 1.94. The third-order valence-electron chi connectivity index (χ3n) is 3.98. The van der Waals surface area contributed by atoms with Crippen molar-refractivity contribution >= 4 is 21.9 Å². The Hall–Kier alpha value is -1.93. The van der Waals surface area contributed by atoms with E-state index in [2.05, 4.69) is 5.32 Å². The molecule has 0 aromatic heterocycles. The average molecular weight is 354 g/mol. The number of sulfonamides is 1. The Kier molecular flexibility index (Phi) is 6.33. The molecule has 2 N–H and O–H groups in total. The number of rotatable bonds is 7. The molecule has 1 fully saturated rings. The number of carbonyl (C=O) groups excluding carboxylic acids is 1. The third kappa shape index (κ3) is 5.31. The summed E-state index contributed by atoms with van der Waals surface area (Å²) in [6.45, 7) is 0.615. The zero-order chi connectivity index (χ0) is 17.6. The minimum atomic E-state index is -3.48. The molecular formula is C16H22N2O5S. The molecule has 2 rings (SSSR count). The maximum absolute atomic E-state index is 12.5. The van der Waals surface area contributed by atoms with Crippen LogP contribution in [0.4, 0.5) is 0 Å². The summed E-state index contributed by atoms with van der Waals surface area (Å²) < 4.78 is 26.5. The highest BCUT2D eigenvalue weighted by Crippen LogP contribution is 2.21. The Morgan fingerprint density at radius 3 is 2.62 bits per heavy atom. The molecule has 1 aliphatic rings. The lowest BCUT2D eigenvalue weighted by molar-refractivity contribution is -0.137. The van der Waals surface area contributed by atoms with Crippen molar-refractivity contribution in [2.75, 3.05) is 19.6 Å². The zero-order valence-corrected chi connectivity index (χ0v) is 14.2. The number of carboxylic acid groups (broad SMARTS) is 1. The molecule has 1 atom stereocenters. The molecule has 1 aliphatic heterocycles. The van der Waals surface area contributed by atoms with Crippen molar-refractivity contribution in [3.05, 3.63) is 35.9 Å². The van der Waals surface area contributed by atoms with Crippen LogP contribution in [0.1, 0.15) is 24.8 Å². The van der Waals surface area contributed by atoms with Crippen LogP contribution in [0.5, 0.6) is 0 Å². The molecular weight excluding hydrogens is 332 g/mol. The third-order valence-corrected chi connectivity index (χ3v) is 5.79. The number of aliphatic carboxylic acids is 1. The summed E-state index contributed by atoms with van der Waals surface area (Å²) in [6, 6.07) is 8.93. The standard InChI is InChI=1S/C16H22N2O5S/c19-15(20)8-9-17-16(21)14-7-4-10-18(11-14)24(22,23)12-13-5-2-1-3-6-13/h1-3,5-6,14H,4,7-12H2,(H,17,21)(H,19,20). The van der Waals surface area contributed by atoms with Crippen LogP contribution in [-0.2, 0) is 25.4 Å². The number of benzene rings is 1.